The fraction of sp³-hybridized carbons (Fsp3) is 0.333. The Morgan fingerprint density at radius 1 is 1.10 bits per heavy atom. The maximum Gasteiger partial charge on any atom is 0.270 e. The van der Waals surface area contributed by atoms with Gasteiger partial charge in [0.15, 0.2) is 0 Å². The maximum absolute atomic E-state index is 12.7. The lowest BCUT2D eigenvalue weighted by atomic mass is 10.1. The highest BCUT2D eigenvalue weighted by atomic mass is 35.5. The minimum Gasteiger partial charge on any atom is -0.366 e. The number of nitro benzene ring substituents is 1. The van der Waals surface area contributed by atoms with Crippen LogP contribution in [0, 0.1) is 16.0 Å². The van der Waals surface area contributed by atoms with Crippen LogP contribution in [0.3, 0.4) is 0 Å². The number of carbonyl (C=O) groups is 2. The van der Waals surface area contributed by atoms with Gasteiger partial charge in [-0.15, -0.1) is 0 Å². The third-order valence-corrected chi connectivity index (χ3v) is 5.30. The SMILES string of the molecule is CC(C)C(=O)N1CCN(c2ccccc2NC(=O)c2ccc([N+](=O)[O-])cc2Cl)CC1. The number of rotatable bonds is 5. The number of hydrogen-bond donors (Lipinski definition) is 1. The van der Waals surface area contributed by atoms with Crippen LogP contribution in [-0.2, 0) is 4.79 Å². The molecule has 0 spiro atoms. The van der Waals surface area contributed by atoms with Gasteiger partial charge in [-0.05, 0) is 18.2 Å². The van der Waals surface area contributed by atoms with Gasteiger partial charge in [0.25, 0.3) is 11.6 Å². The van der Waals surface area contributed by atoms with E-state index in [9.17, 15) is 19.7 Å². The Balaban J connectivity index is 1.74. The quantitative estimate of drug-likeness (QED) is 0.574. The molecule has 0 unspecified atom stereocenters. The third kappa shape index (κ3) is 4.71. The molecule has 158 valence electrons. The Morgan fingerprint density at radius 3 is 2.37 bits per heavy atom. The predicted octanol–water partition coefficient (Wildman–Crippen LogP) is 3.81. The number of amides is 2. The molecule has 2 amide bonds. The van der Waals surface area contributed by atoms with E-state index < -0.39 is 10.8 Å². The van der Waals surface area contributed by atoms with Crippen molar-refractivity contribution in [3.63, 3.8) is 0 Å². The van der Waals surface area contributed by atoms with Gasteiger partial charge in [-0.2, -0.15) is 0 Å². The number of non-ortho nitro benzene ring substituents is 1. The fourth-order valence-electron chi connectivity index (χ4n) is 3.38. The van der Waals surface area contributed by atoms with E-state index in [0.717, 1.165) is 11.8 Å². The topological polar surface area (TPSA) is 95.8 Å². The van der Waals surface area contributed by atoms with Crippen molar-refractivity contribution in [3.8, 4) is 0 Å². The number of carbonyl (C=O) groups excluding carboxylic acids is 2. The molecule has 0 radical (unpaired) electrons. The van der Waals surface area contributed by atoms with Crippen molar-refractivity contribution in [1.82, 2.24) is 4.90 Å². The molecule has 0 saturated carbocycles. The van der Waals surface area contributed by atoms with Gasteiger partial charge in [-0.25, -0.2) is 0 Å². The van der Waals surface area contributed by atoms with Crippen molar-refractivity contribution in [3.05, 3.63) is 63.2 Å². The van der Waals surface area contributed by atoms with Crippen molar-refractivity contribution < 1.29 is 14.5 Å². The number of hydrogen-bond acceptors (Lipinski definition) is 5. The Hall–Kier alpha value is -3.13. The van der Waals surface area contributed by atoms with Crippen molar-refractivity contribution in [2.75, 3.05) is 36.4 Å². The Labute approximate surface area is 179 Å². The molecule has 8 nitrogen and oxygen atoms in total. The van der Waals surface area contributed by atoms with E-state index >= 15 is 0 Å². The summed E-state index contributed by atoms with van der Waals surface area (Å²) in [6.45, 7) is 6.33. The number of para-hydroxylation sites is 2. The molecule has 0 bridgehead atoms. The van der Waals surface area contributed by atoms with E-state index in [-0.39, 0.29) is 28.1 Å². The van der Waals surface area contributed by atoms with Crippen LogP contribution < -0.4 is 10.2 Å². The standard InChI is InChI=1S/C21H23ClN4O4/c1-14(2)21(28)25-11-9-24(10-12-25)19-6-4-3-5-18(19)23-20(27)16-8-7-15(26(29)30)13-17(16)22/h3-8,13-14H,9-12H2,1-2H3,(H,23,27). The number of nitrogens with one attached hydrogen (secondary N) is 1. The van der Waals surface area contributed by atoms with Crippen molar-refractivity contribution in [1.29, 1.82) is 0 Å². The molecular formula is C21H23ClN4O4. The summed E-state index contributed by atoms with van der Waals surface area (Å²) in [4.78, 5) is 39.2. The summed E-state index contributed by atoms with van der Waals surface area (Å²) >= 11 is 6.08. The van der Waals surface area contributed by atoms with Crippen molar-refractivity contribution >= 4 is 40.5 Å². The Morgan fingerprint density at radius 2 is 1.77 bits per heavy atom. The zero-order valence-corrected chi connectivity index (χ0v) is 17.6. The molecule has 1 N–H and O–H groups in total. The average molecular weight is 431 g/mol. The Kier molecular flexibility index (Phi) is 6.56. The van der Waals surface area contributed by atoms with Gasteiger partial charge >= 0.3 is 0 Å². The van der Waals surface area contributed by atoms with Crippen LogP contribution in [0.15, 0.2) is 42.5 Å². The van der Waals surface area contributed by atoms with Gasteiger partial charge in [0, 0.05) is 44.2 Å². The first-order valence-corrected chi connectivity index (χ1v) is 10.0. The van der Waals surface area contributed by atoms with Crippen LogP contribution in [0.2, 0.25) is 5.02 Å². The second-order valence-electron chi connectivity index (χ2n) is 7.36. The van der Waals surface area contributed by atoms with Gasteiger partial charge in [-0.1, -0.05) is 37.6 Å². The van der Waals surface area contributed by atoms with Gasteiger partial charge in [0.1, 0.15) is 0 Å². The smallest absolute Gasteiger partial charge is 0.270 e. The normalized spacial score (nSPS) is 14.0. The molecule has 2 aromatic rings. The lowest BCUT2D eigenvalue weighted by Gasteiger charge is -2.37. The second kappa shape index (κ2) is 9.13. The first-order chi connectivity index (χ1) is 14.3. The highest BCUT2D eigenvalue weighted by Crippen LogP contribution is 2.29. The first kappa shape index (κ1) is 21.6. The molecule has 1 fully saturated rings. The van der Waals surface area contributed by atoms with E-state index in [4.69, 9.17) is 11.6 Å². The van der Waals surface area contributed by atoms with Gasteiger partial charge in [-0.3, -0.25) is 19.7 Å². The number of nitrogens with zero attached hydrogens (tertiary/aromatic N) is 3. The zero-order chi connectivity index (χ0) is 21.8. The lowest BCUT2D eigenvalue weighted by Crippen LogP contribution is -2.50. The molecule has 0 aromatic heterocycles. The molecule has 9 heteroatoms. The first-order valence-electron chi connectivity index (χ1n) is 9.66. The summed E-state index contributed by atoms with van der Waals surface area (Å²) in [7, 11) is 0. The van der Waals surface area contributed by atoms with Crippen molar-refractivity contribution in [2.24, 2.45) is 5.92 Å². The minimum atomic E-state index is -0.563. The molecule has 2 aromatic carbocycles. The monoisotopic (exact) mass is 430 g/mol. The number of benzene rings is 2. The lowest BCUT2D eigenvalue weighted by molar-refractivity contribution is -0.384. The van der Waals surface area contributed by atoms with Crippen LogP contribution in [-0.4, -0.2) is 47.8 Å². The zero-order valence-electron chi connectivity index (χ0n) is 16.8. The molecular weight excluding hydrogens is 408 g/mol. The summed E-state index contributed by atoms with van der Waals surface area (Å²) in [6, 6.07) is 11.1. The van der Waals surface area contributed by atoms with E-state index in [0.29, 0.717) is 31.9 Å². The van der Waals surface area contributed by atoms with E-state index in [1.165, 1.54) is 12.1 Å². The maximum atomic E-state index is 12.7. The highest BCUT2D eigenvalue weighted by Gasteiger charge is 2.24. The molecule has 1 heterocycles. The molecule has 0 aliphatic carbocycles. The Bertz CT molecular complexity index is 971. The largest absolute Gasteiger partial charge is 0.366 e. The summed E-state index contributed by atoms with van der Waals surface area (Å²) in [5, 5.41) is 13.7. The molecule has 1 aliphatic heterocycles. The molecule has 1 saturated heterocycles. The number of anilines is 2. The van der Waals surface area contributed by atoms with E-state index in [2.05, 4.69) is 10.2 Å². The summed E-state index contributed by atoms with van der Waals surface area (Å²) in [6.07, 6.45) is 0. The summed E-state index contributed by atoms with van der Waals surface area (Å²) in [5.74, 6) is -0.338. The summed E-state index contributed by atoms with van der Waals surface area (Å²) in [5.41, 5.74) is 1.44. The average Bonchev–Trinajstić information content (AvgIpc) is 2.73. The van der Waals surface area contributed by atoms with E-state index in [1.807, 2.05) is 36.9 Å². The minimum absolute atomic E-state index is 0.0139. The van der Waals surface area contributed by atoms with Gasteiger partial charge in [0.05, 0.1) is 26.9 Å². The van der Waals surface area contributed by atoms with Crippen molar-refractivity contribution in [2.45, 2.75) is 13.8 Å². The molecule has 3 rings (SSSR count). The molecule has 1 aliphatic rings. The third-order valence-electron chi connectivity index (χ3n) is 4.99. The van der Waals surface area contributed by atoms with E-state index in [1.54, 1.807) is 6.07 Å². The predicted molar refractivity (Wildman–Crippen MR) is 116 cm³/mol. The molecule has 0 atom stereocenters. The summed E-state index contributed by atoms with van der Waals surface area (Å²) < 4.78 is 0. The van der Waals surface area contributed by atoms with Crippen LogP contribution >= 0.6 is 11.6 Å². The number of piperazine rings is 1. The van der Waals surface area contributed by atoms with Crippen LogP contribution in [0.25, 0.3) is 0 Å². The fourth-order valence-corrected chi connectivity index (χ4v) is 3.64. The van der Waals surface area contributed by atoms with Crippen LogP contribution in [0.1, 0.15) is 24.2 Å². The van der Waals surface area contributed by atoms with Gasteiger partial charge in [0.2, 0.25) is 5.91 Å². The van der Waals surface area contributed by atoms with Crippen LogP contribution in [0.4, 0.5) is 17.1 Å². The van der Waals surface area contributed by atoms with Crippen LogP contribution in [0.5, 0.6) is 0 Å². The van der Waals surface area contributed by atoms with Gasteiger partial charge < -0.3 is 15.1 Å². The highest BCUT2D eigenvalue weighted by molar-refractivity contribution is 6.34. The number of nitro groups is 1. The molecule has 30 heavy (non-hydrogen) atoms. The second-order valence-corrected chi connectivity index (χ2v) is 7.77. The number of halogens is 1.